The van der Waals surface area contributed by atoms with Crippen LogP contribution in [0.25, 0.3) is 6.08 Å². The first-order chi connectivity index (χ1) is 8.60. The Bertz CT molecular complexity index is 435. The van der Waals surface area contributed by atoms with Gasteiger partial charge in [-0.3, -0.25) is 4.68 Å². The lowest BCUT2D eigenvalue weighted by atomic mass is 9.93. The standard InChI is InChI=1S/C14H21BrN2O/c1-10(2)7-12-9-14(15)16-17(12)11-5-4-6-13(8-11)18-3/h7,9,11,13H,4-6,8H2,1-3H3. The molecule has 1 aliphatic carbocycles. The molecular formula is C14H21BrN2O. The number of methoxy groups -OCH3 is 1. The summed E-state index contributed by atoms with van der Waals surface area (Å²) in [6.45, 7) is 4.23. The fourth-order valence-electron chi connectivity index (χ4n) is 2.63. The van der Waals surface area contributed by atoms with E-state index in [0.29, 0.717) is 12.1 Å². The molecule has 2 atom stereocenters. The quantitative estimate of drug-likeness (QED) is 0.836. The summed E-state index contributed by atoms with van der Waals surface area (Å²) in [6.07, 6.45) is 7.22. The first kappa shape index (κ1) is 13.8. The molecule has 2 unspecified atom stereocenters. The van der Waals surface area contributed by atoms with Gasteiger partial charge in [0.2, 0.25) is 0 Å². The molecule has 0 N–H and O–H groups in total. The smallest absolute Gasteiger partial charge is 0.128 e. The molecule has 0 aliphatic heterocycles. The summed E-state index contributed by atoms with van der Waals surface area (Å²) in [4.78, 5) is 0. The number of allylic oxidation sites excluding steroid dienone is 1. The van der Waals surface area contributed by atoms with Crippen molar-refractivity contribution in [3.8, 4) is 0 Å². The lowest BCUT2D eigenvalue weighted by Gasteiger charge is -2.29. The van der Waals surface area contributed by atoms with Gasteiger partial charge < -0.3 is 4.74 Å². The van der Waals surface area contributed by atoms with Crippen molar-refractivity contribution in [3.05, 3.63) is 21.9 Å². The first-order valence-electron chi connectivity index (χ1n) is 6.53. The molecule has 2 rings (SSSR count). The molecule has 0 radical (unpaired) electrons. The van der Waals surface area contributed by atoms with Gasteiger partial charge in [0.15, 0.2) is 0 Å². The minimum atomic E-state index is 0.381. The fourth-order valence-corrected chi connectivity index (χ4v) is 3.04. The maximum absolute atomic E-state index is 5.50. The van der Waals surface area contributed by atoms with Gasteiger partial charge in [0.1, 0.15) is 4.60 Å². The monoisotopic (exact) mass is 312 g/mol. The first-order valence-corrected chi connectivity index (χ1v) is 7.32. The van der Waals surface area contributed by atoms with Crippen molar-refractivity contribution in [2.45, 2.75) is 51.7 Å². The van der Waals surface area contributed by atoms with Gasteiger partial charge >= 0.3 is 0 Å². The zero-order valence-electron chi connectivity index (χ0n) is 11.3. The molecule has 1 heterocycles. The van der Waals surface area contributed by atoms with Gasteiger partial charge in [0.25, 0.3) is 0 Å². The van der Waals surface area contributed by atoms with E-state index >= 15 is 0 Å². The summed E-state index contributed by atoms with van der Waals surface area (Å²) in [6, 6.07) is 2.55. The van der Waals surface area contributed by atoms with E-state index in [1.54, 1.807) is 0 Å². The molecule has 0 spiro atoms. The number of hydrogen-bond acceptors (Lipinski definition) is 2. The Labute approximate surface area is 117 Å². The topological polar surface area (TPSA) is 27.1 Å². The van der Waals surface area contributed by atoms with Crippen molar-refractivity contribution in [1.82, 2.24) is 9.78 Å². The van der Waals surface area contributed by atoms with E-state index in [-0.39, 0.29) is 0 Å². The summed E-state index contributed by atoms with van der Waals surface area (Å²) in [5, 5.41) is 4.59. The number of nitrogens with zero attached hydrogens (tertiary/aromatic N) is 2. The highest BCUT2D eigenvalue weighted by Gasteiger charge is 2.25. The molecule has 0 aromatic carbocycles. The van der Waals surface area contributed by atoms with E-state index in [9.17, 15) is 0 Å². The van der Waals surface area contributed by atoms with Crippen LogP contribution in [-0.4, -0.2) is 23.0 Å². The van der Waals surface area contributed by atoms with Gasteiger partial charge in [-0.15, -0.1) is 0 Å². The Morgan fingerprint density at radius 2 is 2.28 bits per heavy atom. The highest BCUT2D eigenvalue weighted by Crippen LogP contribution is 2.31. The molecular weight excluding hydrogens is 292 g/mol. The Hall–Kier alpha value is -0.610. The molecule has 18 heavy (non-hydrogen) atoms. The number of hydrogen-bond donors (Lipinski definition) is 0. The van der Waals surface area contributed by atoms with Gasteiger partial charge in [-0.05, 0) is 67.6 Å². The van der Waals surface area contributed by atoms with Crippen LogP contribution in [0, 0.1) is 0 Å². The molecule has 4 heteroatoms. The second kappa shape index (κ2) is 6.02. The van der Waals surface area contributed by atoms with Crippen LogP contribution in [0.2, 0.25) is 0 Å². The maximum atomic E-state index is 5.50. The third-order valence-electron chi connectivity index (χ3n) is 3.45. The SMILES string of the molecule is COC1CCCC(n2nc(Br)cc2C=C(C)C)C1. The summed E-state index contributed by atoms with van der Waals surface area (Å²) in [7, 11) is 1.81. The lowest BCUT2D eigenvalue weighted by Crippen LogP contribution is -2.25. The molecule has 1 aromatic rings. The maximum Gasteiger partial charge on any atom is 0.128 e. The highest BCUT2D eigenvalue weighted by atomic mass is 79.9. The van der Waals surface area contributed by atoms with Crippen molar-refractivity contribution in [2.75, 3.05) is 7.11 Å². The molecule has 1 saturated carbocycles. The largest absolute Gasteiger partial charge is 0.381 e. The predicted molar refractivity (Wildman–Crippen MR) is 77.6 cm³/mol. The highest BCUT2D eigenvalue weighted by molar-refractivity contribution is 9.10. The Kier molecular flexibility index (Phi) is 4.62. The van der Waals surface area contributed by atoms with Crippen molar-refractivity contribution < 1.29 is 4.74 Å². The van der Waals surface area contributed by atoms with Crippen LogP contribution in [0.4, 0.5) is 0 Å². The van der Waals surface area contributed by atoms with Crippen molar-refractivity contribution in [1.29, 1.82) is 0 Å². The van der Waals surface area contributed by atoms with Crippen LogP contribution in [-0.2, 0) is 4.74 Å². The van der Waals surface area contributed by atoms with E-state index in [2.05, 4.69) is 51.7 Å². The van der Waals surface area contributed by atoms with Crippen LogP contribution < -0.4 is 0 Å². The van der Waals surface area contributed by atoms with E-state index in [1.165, 1.54) is 30.5 Å². The molecule has 3 nitrogen and oxygen atoms in total. The van der Waals surface area contributed by atoms with E-state index < -0.39 is 0 Å². The third-order valence-corrected chi connectivity index (χ3v) is 3.84. The number of ether oxygens (including phenoxy) is 1. The van der Waals surface area contributed by atoms with Crippen molar-refractivity contribution >= 4 is 22.0 Å². The average Bonchev–Trinajstić information content (AvgIpc) is 2.69. The normalized spacial score (nSPS) is 24.0. The molecule has 1 aliphatic rings. The van der Waals surface area contributed by atoms with Crippen molar-refractivity contribution in [2.24, 2.45) is 0 Å². The fraction of sp³-hybridized carbons (Fsp3) is 0.643. The zero-order valence-corrected chi connectivity index (χ0v) is 12.9. The summed E-state index contributed by atoms with van der Waals surface area (Å²) in [5.41, 5.74) is 2.48. The molecule has 0 amide bonds. The second-order valence-corrected chi connectivity index (χ2v) is 6.05. The van der Waals surface area contributed by atoms with Gasteiger partial charge in [-0.1, -0.05) is 5.57 Å². The summed E-state index contributed by atoms with van der Waals surface area (Å²) < 4.78 is 8.57. The average molecular weight is 313 g/mol. The predicted octanol–water partition coefficient (Wildman–Crippen LogP) is 4.20. The summed E-state index contributed by atoms with van der Waals surface area (Å²) in [5.74, 6) is 0. The second-order valence-electron chi connectivity index (χ2n) is 5.24. The molecule has 0 saturated heterocycles. The van der Waals surface area contributed by atoms with Crippen LogP contribution in [0.15, 0.2) is 16.2 Å². The lowest BCUT2D eigenvalue weighted by molar-refractivity contribution is 0.0506. The number of aromatic nitrogens is 2. The minimum Gasteiger partial charge on any atom is -0.381 e. The molecule has 1 fully saturated rings. The van der Waals surface area contributed by atoms with Gasteiger partial charge in [0, 0.05) is 7.11 Å². The molecule has 100 valence electrons. The van der Waals surface area contributed by atoms with Crippen LogP contribution >= 0.6 is 15.9 Å². The van der Waals surface area contributed by atoms with Gasteiger partial charge in [-0.2, -0.15) is 5.10 Å². The van der Waals surface area contributed by atoms with Crippen LogP contribution in [0.1, 0.15) is 51.3 Å². The number of rotatable bonds is 3. The van der Waals surface area contributed by atoms with E-state index in [1.807, 2.05) is 7.11 Å². The van der Waals surface area contributed by atoms with Crippen LogP contribution in [0.5, 0.6) is 0 Å². The summed E-state index contributed by atoms with van der Waals surface area (Å²) >= 11 is 3.48. The minimum absolute atomic E-state index is 0.381. The Morgan fingerprint density at radius 3 is 2.94 bits per heavy atom. The Morgan fingerprint density at radius 1 is 1.50 bits per heavy atom. The van der Waals surface area contributed by atoms with E-state index in [4.69, 9.17) is 4.74 Å². The zero-order chi connectivity index (χ0) is 13.1. The molecule has 1 aromatic heterocycles. The number of halogens is 1. The third kappa shape index (κ3) is 3.23. The van der Waals surface area contributed by atoms with Gasteiger partial charge in [0.05, 0.1) is 17.8 Å². The van der Waals surface area contributed by atoms with E-state index in [0.717, 1.165) is 11.0 Å². The van der Waals surface area contributed by atoms with Gasteiger partial charge in [-0.25, -0.2) is 0 Å². The van der Waals surface area contributed by atoms with Crippen molar-refractivity contribution in [3.63, 3.8) is 0 Å². The van der Waals surface area contributed by atoms with Crippen LogP contribution in [0.3, 0.4) is 0 Å². The Balaban J connectivity index is 2.24. The molecule has 0 bridgehead atoms.